The fourth-order valence-corrected chi connectivity index (χ4v) is 3.97. The minimum Gasteiger partial charge on any atom is -0.452 e. The van der Waals surface area contributed by atoms with E-state index < -0.39 is 5.97 Å². The van der Waals surface area contributed by atoms with Crippen molar-refractivity contribution >= 4 is 23.5 Å². The number of esters is 1. The van der Waals surface area contributed by atoms with Gasteiger partial charge in [0.25, 0.3) is 5.91 Å². The van der Waals surface area contributed by atoms with Crippen LogP contribution in [-0.2, 0) is 14.3 Å². The molecule has 146 valence electrons. The van der Waals surface area contributed by atoms with Crippen molar-refractivity contribution in [3.8, 4) is 0 Å². The van der Waals surface area contributed by atoms with Gasteiger partial charge < -0.3 is 15.0 Å². The van der Waals surface area contributed by atoms with Crippen molar-refractivity contribution in [1.29, 1.82) is 0 Å². The molecule has 2 fully saturated rings. The Morgan fingerprint density at radius 1 is 1.22 bits per heavy atom. The maximum atomic E-state index is 12.3. The Labute approximate surface area is 160 Å². The van der Waals surface area contributed by atoms with E-state index in [2.05, 4.69) is 19.2 Å². The predicted molar refractivity (Wildman–Crippen MR) is 102 cm³/mol. The van der Waals surface area contributed by atoms with Crippen molar-refractivity contribution < 1.29 is 19.1 Å². The van der Waals surface area contributed by atoms with Crippen LogP contribution in [0, 0.1) is 11.8 Å². The molecule has 1 heterocycles. The zero-order valence-corrected chi connectivity index (χ0v) is 16.1. The lowest BCUT2D eigenvalue weighted by Crippen LogP contribution is -2.45. The Kier molecular flexibility index (Phi) is 6.14. The van der Waals surface area contributed by atoms with Gasteiger partial charge in [-0.15, -0.1) is 0 Å². The van der Waals surface area contributed by atoms with Crippen LogP contribution in [0.3, 0.4) is 0 Å². The van der Waals surface area contributed by atoms with E-state index in [1.165, 1.54) is 6.42 Å². The summed E-state index contributed by atoms with van der Waals surface area (Å²) in [5.74, 6) is 0.260. The lowest BCUT2D eigenvalue weighted by molar-refractivity contribution is -0.125. The second kappa shape index (κ2) is 8.55. The van der Waals surface area contributed by atoms with Gasteiger partial charge in [0, 0.05) is 24.7 Å². The van der Waals surface area contributed by atoms with Crippen molar-refractivity contribution in [3.05, 3.63) is 29.8 Å². The fraction of sp³-hybridized carbons (Fsp3) is 0.571. The second-order valence-corrected chi connectivity index (χ2v) is 7.72. The van der Waals surface area contributed by atoms with E-state index >= 15 is 0 Å². The number of nitrogens with one attached hydrogen (secondary N) is 1. The molecule has 1 aliphatic carbocycles. The summed E-state index contributed by atoms with van der Waals surface area (Å²) < 4.78 is 5.18. The summed E-state index contributed by atoms with van der Waals surface area (Å²) in [6.45, 7) is 4.74. The minimum atomic E-state index is -0.552. The SMILES string of the molecule is C[C@@H]1[C@@H](C)CCC[C@H]1NC(=O)COC(=O)c1cccc(N2CCCC2=O)c1. The summed E-state index contributed by atoms with van der Waals surface area (Å²) >= 11 is 0. The molecule has 6 heteroatoms. The highest BCUT2D eigenvalue weighted by atomic mass is 16.5. The van der Waals surface area contributed by atoms with Gasteiger partial charge in [-0.2, -0.15) is 0 Å². The Bertz CT molecular complexity index is 718. The van der Waals surface area contributed by atoms with E-state index in [1.54, 1.807) is 29.2 Å². The Morgan fingerprint density at radius 2 is 2.04 bits per heavy atom. The highest BCUT2D eigenvalue weighted by Gasteiger charge is 2.28. The summed E-state index contributed by atoms with van der Waals surface area (Å²) in [7, 11) is 0. The molecule has 3 atom stereocenters. The van der Waals surface area contributed by atoms with Gasteiger partial charge in [0.05, 0.1) is 5.56 Å². The smallest absolute Gasteiger partial charge is 0.338 e. The molecular formula is C21H28N2O4. The van der Waals surface area contributed by atoms with Gasteiger partial charge in [0.15, 0.2) is 6.61 Å². The quantitative estimate of drug-likeness (QED) is 0.807. The molecule has 0 spiro atoms. The van der Waals surface area contributed by atoms with Crippen LogP contribution in [0.5, 0.6) is 0 Å². The number of benzene rings is 1. The van der Waals surface area contributed by atoms with Gasteiger partial charge in [-0.25, -0.2) is 4.79 Å². The minimum absolute atomic E-state index is 0.0655. The first-order valence-corrected chi connectivity index (χ1v) is 9.82. The lowest BCUT2D eigenvalue weighted by Gasteiger charge is -2.34. The molecule has 3 rings (SSSR count). The summed E-state index contributed by atoms with van der Waals surface area (Å²) in [5.41, 5.74) is 1.04. The van der Waals surface area contributed by atoms with Gasteiger partial charge in [0.1, 0.15) is 0 Å². The van der Waals surface area contributed by atoms with Crippen LogP contribution in [0.2, 0.25) is 0 Å². The molecule has 2 amide bonds. The van der Waals surface area contributed by atoms with Gasteiger partial charge >= 0.3 is 5.97 Å². The molecule has 0 radical (unpaired) electrons. The van der Waals surface area contributed by atoms with E-state index in [0.29, 0.717) is 36.1 Å². The van der Waals surface area contributed by atoms with Gasteiger partial charge in [-0.05, 0) is 42.9 Å². The monoisotopic (exact) mass is 372 g/mol. The molecule has 27 heavy (non-hydrogen) atoms. The van der Waals surface area contributed by atoms with Crippen molar-refractivity contribution in [2.45, 2.75) is 52.0 Å². The van der Waals surface area contributed by atoms with Crippen LogP contribution in [0.15, 0.2) is 24.3 Å². The van der Waals surface area contributed by atoms with Crippen LogP contribution < -0.4 is 10.2 Å². The van der Waals surface area contributed by atoms with E-state index in [0.717, 1.165) is 19.3 Å². The zero-order chi connectivity index (χ0) is 19.4. The molecule has 1 saturated heterocycles. The largest absolute Gasteiger partial charge is 0.452 e. The summed E-state index contributed by atoms with van der Waals surface area (Å²) in [5, 5.41) is 3.00. The number of nitrogens with zero attached hydrogens (tertiary/aromatic N) is 1. The second-order valence-electron chi connectivity index (χ2n) is 7.72. The molecule has 0 unspecified atom stereocenters. The standard InChI is InChI=1S/C21H28N2O4/c1-14-6-3-9-18(15(14)2)22-19(24)13-27-21(26)16-7-4-8-17(12-16)23-11-5-10-20(23)25/h4,7-8,12,14-15,18H,3,5-6,9-11,13H2,1-2H3,(H,22,24)/t14-,15+,18+/m0/s1. The van der Waals surface area contributed by atoms with Crippen molar-refractivity contribution in [2.24, 2.45) is 11.8 Å². The van der Waals surface area contributed by atoms with Crippen molar-refractivity contribution in [3.63, 3.8) is 0 Å². The molecule has 0 bridgehead atoms. The summed E-state index contributed by atoms with van der Waals surface area (Å²) in [6.07, 6.45) is 4.63. The van der Waals surface area contributed by atoms with E-state index in [9.17, 15) is 14.4 Å². The van der Waals surface area contributed by atoms with Crippen LogP contribution in [0.25, 0.3) is 0 Å². The first-order valence-electron chi connectivity index (χ1n) is 9.82. The van der Waals surface area contributed by atoms with Gasteiger partial charge in [-0.3, -0.25) is 9.59 Å². The Hall–Kier alpha value is -2.37. The van der Waals surface area contributed by atoms with Crippen molar-refractivity contribution in [1.82, 2.24) is 5.32 Å². The number of carbonyl (C=O) groups is 3. The third-order valence-electron chi connectivity index (χ3n) is 5.85. The van der Waals surface area contributed by atoms with Crippen LogP contribution in [-0.4, -0.2) is 37.0 Å². The van der Waals surface area contributed by atoms with E-state index in [4.69, 9.17) is 4.74 Å². The highest BCUT2D eigenvalue weighted by Crippen LogP contribution is 2.29. The van der Waals surface area contributed by atoms with Crippen LogP contribution >= 0.6 is 0 Å². The maximum Gasteiger partial charge on any atom is 0.338 e. The number of anilines is 1. The average Bonchev–Trinajstić information content (AvgIpc) is 3.09. The third kappa shape index (κ3) is 4.67. The molecule has 6 nitrogen and oxygen atoms in total. The first kappa shape index (κ1) is 19.4. The maximum absolute atomic E-state index is 12.3. The van der Waals surface area contributed by atoms with E-state index in [1.807, 2.05) is 0 Å². The molecule has 1 aliphatic heterocycles. The topological polar surface area (TPSA) is 75.7 Å². The zero-order valence-electron chi connectivity index (χ0n) is 16.1. The van der Waals surface area contributed by atoms with Crippen molar-refractivity contribution in [2.75, 3.05) is 18.1 Å². The van der Waals surface area contributed by atoms with E-state index in [-0.39, 0.29) is 24.5 Å². The summed E-state index contributed by atoms with van der Waals surface area (Å²) in [4.78, 5) is 38.0. The Morgan fingerprint density at radius 3 is 2.78 bits per heavy atom. The number of ether oxygens (including phenoxy) is 1. The predicted octanol–water partition coefficient (Wildman–Crippen LogP) is 2.91. The first-order chi connectivity index (χ1) is 13.0. The molecule has 1 aromatic carbocycles. The molecule has 2 aliphatic rings. The number of carbonyl (C=O) groups excluding carboxylic acids is 3. The van der Waals surface area contributed by atoms with Crippen LogP contribution in [0.1, 0.15) is 56.3 Å². The van der Waals surface area contributed by atoms with Gasteiger partial charge in [0.2, 0.25) is 5.91 Å². The molecule has 1 saturated carbocycles. The summed E-state index contributed by atoms with van der Waals surface area (Å²) in [6, 6.07) is 6.95. The molecule has 1 aromatic rings. The molecule has 0 aromatic heterocycles. The highest BCUT2D eigenvalue weighted by molar-refractivity contribution is 5.97. The number of hydrogen-bond acceptors (Lipinski definition) is 4. The van der Waals surface area contributed by atoms with Gasteiger partial charge in [-0.1, -0.05) is 32.8 Å². The third-order valence-corrected chi connectivity index (χ3v) is 5.85. The molecule has 1 N–H and O–H groups in total. The normalized spacial score (nSPS) is 25.3. The molecular weight excluding hydrogens is 344 g/mol. The number of hydrogen-bond donors (Lipinski definition) is 1. The lowest BCUT2D eigenvalue weighted by atomic mass is 9.78. The average molecular weight is 372 g/mol. The Balaban J connectivity index is 1.53. The number of amides is 2. The fourth-order valence-electron chi connectivity index (χ4n) is 3.97. The van der Waals surface area contributed by atoms with Crippen LogP contribution in [0.4, 0.5) is 5.69 Å². The number of rotatable bonds is 5.